The minimum Gasteiger partial charge on any atom is -0.258 e. The van der Waals surface area contributed by atoms with Crippen LogP contribution in [0.5, 0.6) is 0 Å². The average Bonchev–Trinajstić information content (AvgIpc) is 2.64. The lowest BCUT2D eigenvalue weighted by atomic mass is 10.1. The number of benzene rings is 3. The lowest BCUT2D eigenvalue weighted by Gasteiger charge is -1.98. The number of nitro benzene ring substituents is 2. The Morgan fingerprint density at radius 1 is 0.500 bits per heavy atom. The van der Waals surface area contributed by atoms with Crippen LogP contribution in [-0.2, 0) is 0 Å². The van der Waals surface area contributed by atoms with Gasteiger partial charge in [-0.3, -0.25) is 20.2 Å². The molecule has 3 aromatic carbocycles. The summed E-state index contributed by atoms with van der Waals surface area (Å²) in [5, 5.41) is 20.2. The van der Waals surface area contributed by atoms with Crippen LogP contribution in [0.15, 0.2) is 84.9 Å². The maximum atomic E-state index is 10.1. The van der Waals surface area contributed by atoms with Gasteiger partial charge in [-0.15, -0.1) is 0 Å². The monoisotopic (exact) mass is 322 g/mol. The first-order chi connectivity index (χ1) is 11.6. The Labute approximate surface area is 138 Å². The van der Waals surface area contributed by atoms with E-state index in [1.54, 1.807) is 0 Å². The van der Waals surface area contributed by atoms with Crippen molar-refractivity contribution in [3.8, 4) is 11.1 Å². The molecule has 0 radical (unpaired) electrons. The van der Waals surface area contributed by atoms with Crippen LogP contribution in [0.4, 0.5) is 11.4 Å². The molecule has 0 aliphatic rings. The van der Waals surface area contributed by atoms with E-state index in [0.717, 1.165) is 24.3 Å². The third-order valence-corrected chi connectivity index (χ3v) is 3.15. The molecule has 0 aliphatic carbocycles. The Bertz CT molecular complexity index is 733. The molecule has 0 aliphatic heterocycles. The van der Waals surface area contributed by atoms with Crippen LogP contribution in [0, 0.1) is 20.2 Å². The maximum Gasteiger partial charge on any atom is 0.269 e. The fourth-order valence-electron chi connectivity index (χ4n) is 1.96. The molecule has 6 nitrogen and oxygen atoms in total. The molecule has 0 spiro atoms. The highest BCUT2D eigenvalue weighted by molar-refractivity contribution is 5.62. The molecule has 0 heterocycles. The quantitative estimate of drug-likeness (QED) is 0.509. The van der Waals surface area contributed by atoms with Gasteiger partial charge in [0, 0.05) is 24.3 Å². The summed E-state index contributed by atoms with van der Waals surface area (Å²) in [6.07, 6.45) is 0. The number of nitro groups is 2. The van der Waals surface area contributed by atoms with Gasteiger partial charge in [-0.2, -0.15) is 0 Å². The highest BCUT2D eigenvalue weighted by Crippen LogP contribution is 2.17. The van der Waals surface area contributed by atoms with Gasteiger partial charge in [0.2, 0.25) is 0 Å². The number of rotatable bonds is 3. The molecule has 6 heteroatoms. The van der Waals surface area contributed by atoms with Crippen molar-refractivity contribution >= 4 is 11.4 Å². The number of non-ortho nitro benzene ring substituents is 2. The SMILES string of the molecule is O=[N+]([O-])c1ccc([N+](=O)[O-])cc1.c1ccc(-c2ccccc2)cc1. The minimum atomic E-state index is -0.607. The predicted octanol–water partition coefficient (Wildman–Crippen LogP) is 4.86. The van der Waals surface area contributed by atoms with Crippen LogP contribution in [0.2, 0.25) is 0 Å². The van der Waals surface area contributed by atoms with Crippen LogP contribution in [-0.4, -0.2) is 9.85 Å². The van der Waals surface area contributed by atoms with E-state index in [-0.39, 0.29) is 11.4 Å². The zero-order valence-corrected chi connectivity index (χ0v) is 12.6. The van der Waals surface area contributed by atoms with Gasteiger partial charge >= 0.3 is 0 Å². The fourth-order valence-corrected chi connectivity index (χ4v) is 1.96. The number of hydrogen-bond acceptors (Lipinski definition) is 4. The van der Waals surface area contributed by atoms with E-state index in [4.69, 9.17) is 0 Å². The Balaban J connectivity index is 0.000000174. The second-order valence-electron chi connectivity index (χ2n) is 4.76. The van der Waals surface area contributed by atoms with E-state index in [1.807, 2.05) is 12.1 Å². The van der Waals surface area contributed by atoms with Crippen LogP contribution in [0.3, 0.4) is 0 Å². The first-order valence-electron chi connectivity index (χ1n) is 7.07. The third-order valence-electron chi connectivity index (χ3n) is 3.15. The van der Waals surface area contributed by atoms with Gasteiger partial charge in [-0.1, -0.05) is 60.7 Å². The second-order valence-corrected chi connectivity index (χ2v) is 4.76. The summed E-state index contributed by atoms with van der Waals surface area (Å²) >= 11 is 0. The Hall–Kier alpha value is -3.54. The van der Waals surface area contributed by atoms with Gasteiger partial charge in [-0.05, 0) is 11.1 Å². The van der Waals surface area contributed by atoms with E-state index in [2.05, 4.69) is 48.5 Å². The molecule has 3 rings (SSSR count). The molecular weight excluding hydrogens is 308 g/mol. The highest BCUT2D eigenvalue weighted by atomic mass is 16.6. The van der Waals surface area contributed by atoms with Gasteiger partial charge in [0.25, 0.3) is 11.4 Å². The van der Waals surface area contributed by atoms with Crippen molar-refractivity contribution in [3.05, 3.63) is 105 Å². The molecule has 0 unspecified atom stereocenters. The van der Waals surface area contributed by atoms with Crippen molar-refractivity contribution in [2.24, 2.45) is 0 Å². The smallest absolute Gasteiger partial charge is 0.258 e. The molecule has 0 saturated carbocycles. The molecule has 0 N–H and O–H groups in total. The van der Waals surface area contributed by atoms with Crippen LogP contribution in [0.25, 0.3) is 11.1 Å². The van der Waals surface area contributed by atoms with Crippen LogP contribution in [0.1, 0.15) is 0 Å². The lowest BCUT2D eigenvalue weighted by molar-refractivity contribution is -0.389. The first-order valence-corrected chi connectivity index (χ1v) is 7.07. The van der Waals surface area contributed by atoms with Gasteiger partial charge < -0.3 is 0 Å². The van der Waals surface area contributed by atoms with Crippen molar-refractivity contribution < 1.29 is 9.85 Å². The van der Waals surface area contributed by atoms with Crippen LogP contribution < -0.4 is 0 Å². The van der Waals surface area contributed by atoms with Crippen molar-refractivity contribution in [1.82, 2.24) is 0 Å². The standard InChI is InChI=1S/C12H10.C6H4N2O4/c1-3-7-11(8-4-1)12-9-5-2-6-10-12;9-7(10)5-1-2-6(4-3-5)8(11)12/h1-10H;1-4H. The molecule has 24 heavy (non-hydrogen) atoms. The minimum absolute atomic E-state index is 0.152. The van der Waals surface area contributed by atoms with E-state index < -0.39 is 9.85 Å². The summed E-state index contributed by atoms with van der Waals surface area (Å²) in [6.45, 7) is 0. The van der Waals surface area contributed by atoms with Crippen molar-refractivity contribution in [2.75, 3.05) is 0 Å². The zero-order chi connectivity index (χ0) is 17.4. The number of nitrogens with zero attached hydrogens (tertiary/aromatic N) is 2. The summed E-state index contributed by atoms with van der Waals surface area (Å²) in [5.41, 5.74) is 2.25. The maximum absolute atomic E-state index is 10.1. The Kier molecular flexibility index (Phi) is 5.74. The van der Waals surface area contributed by atoms with E-state index in [0.29, 0.717) is 0 Å². The van der Waals surface area contributed by atoms with E-state index in [1.165, 1.54) is 11.1 Å². The average molecular weight is 322 g/mol. The molecule has 0 fully saturated rings. The molecule has 0 aromatic heterocycles. The summed E-state index contributed by atoms with van der Waals surface area (Å²) in [7, 11) is 0. The molecule has 0 bridgehead atoms. The summed E-state index contributed by atoms with van der Waals surface area (Å²) in [5.74, 6) is 0. The topological polar surface area (TPSA) is 86.3 Å². The van der Waals surface area contributed by atoms with Crippen LogP contribution >= 0.6 is 0 Å². The molecule has 120 valence electrons. The van der Waals surface area contributed by atoms with Gasteiger partial charge in [0.1, 0.15) is 0 Å². The number of hydrogen-bond donors (Lipinski definition) is 0. The van der Waals surface area contributed by atoms with Gasteiger partial charge in [-0.25, -0.2) is 0 Å². The van der Waals surface area contributed by atoms with Crippen molar-refractivity contribution in [3.63, 3.8) is 0 Å². The summed E-state index contributed by atoms with van der Waals surface area (Å²) in [6, 6.07) is 25.2. The highest BCUT2D eigenvalue weighted by Gasteiger charge is 2.08. The molecule has 0 saturated heterocycles. The summed E-state index contributed by atoms with van der Waals surface area (Å²) < 4.78 is 0. The van der Waals surface area contributed by atoms with Gasteiger partial charge in [0.05, 0.1) is 9.85 Å². The predicted molar refractivity (Wildman–Crippen MR) is 91.6 cm³/mol. The zero-order valence-electron chi connectivity index (χ0n) is 12.6. The summed E-state index contributed by atoms with van der Waals surface area (Å²) in [4.78, 5) is 19.0. The second kappa shape index (κ2) is 8.19. The van der Waals surface area contributed by atoms with Crippen molar-refractivity contribution in [2.45, 2.75) is 0 Å². The molecular formula is C18H14N2O4. The molecule has 0 atom stereocenters. The normalized spacial score (nSPS) is 9.50. The van der Waals surface area contributed by atoms with Gasteiger partial charge in [0.15, 0.2) is 0 Å². The van der Waals surface area contributed by atoms with E-state index in [9.17, 15) is 20.2 Å². The first kappa shape index (κ1) is 16.8. The van der Waals surface area contributed by atoms with Crippen molar-refractivity contribution in [1.29, 1.82) is 0 Å². The Morgan fingerprint density at radius 2 is 0.792 bits per heavy atom. The Morgan fingerprint density at radius 3 is 1.04 bits per heavy atom. The fraction of sp³-hybridized carbons (Fsp3) is 0. The van der Waals surface area contributed by atoms with E-state index >= 15 is 0 Å². The molecule has 3 aromatic rings. The largest absolute Gasteiger partial charge is 0.269 e. The lowest BCUT2D eigenvalue weighted by Crippen LogP contribution is -1.90. The molecule has 0 amide bonds. The third kappa shape index (κ3) is 4.74.